The van der Waals surface area contributed by atoms with Crippen molar-refractivity contribution >= 4 is 5.78 Å². The summed E-state index contributed by atoms with van der Waals surface area (Å²) in [5.41, 5.74) is 2.39. The molecule has 0 N–H and O–H groups in total. The molecule has 0 aromatic carbocycles. The van der Waals surface area contributed by atoms with E-state index in [4.69, 9.17) is 0 Å². The lowest BCUT2D eigenvalue weighted by Crippen LogP contribution is -1.95. The fraction of sp³-hybridized carbons (Fsp3) is 0.353. The molecule has 21 heavy (non-hydrogen) atoms. The van der Waals surface area contributed by atoms with Crippen molar-refractivity contribution in [3.8, 4) is 0 Å². The summed E-state index contributed by atoms with van der Waals surface area (Å²) >= 11 is 0. The van der Waals surface area contributed by atoms with Crippen LogP contribution < -0.4 is 0 Å². The molecule has 3 aromatic heterocycles. The van der Waals surface area contributed by atoms with E-state index in [-0.39, 0.29) is 0 Å². The Balaban J connectivity index is 0.000000161. The Morgan fingerprint density at radius 1 is 0.952 bits per heavy atom. The SMILES string of the molecule is CC(C)c1cccnc1.CC(C)c1ccn2ccnc2n1. The van der Waals surface area contributed by atoms with Gasteiger partial charge in [0, 0.05) is 36.7 Å². The highest BCUT2D eigenvalue weighted by molar-refractivity contribution is 5.29. The van der Waals surface area contributed by atoms with Crippen molar-refractivity contribution in [3.05, 3.63) is 60.4 Å². The van der Waals surface area contributed by atoms with Gasteiger partial charge in [0.25, 0.3) is 0 Å². The normalized spacial score (nSPS) is 10.8. The fourth-order valence-electron chi connectivity index (χ4n) is 1.86. The quantitative estimate of drug-likeness (QED) is 0.712. The largest absolute Gasteiger partial charge is 0.291 e. The van der Waals surface area contributed by atoms with Crippen molar-refractivity contribution in [2.24, 2.45) is 0 Å². The molecule has 0 amide bonds. The zero-order valence-corrected chi connectivity index (χ0v) is 13.1. The van der Waals surface area contributed by atoms with Crippen LogP contribution in [0.3, 0.4) is 0 Å². The third kappa shape index (κ3) is 4.12. The van der Waals surface area contributed by atoms with Gasteiger partial charge in [0.05, 0.1) is 0 Å². The Kier molecular flexibility index (Phi) is 5.04. The molecule has 0 fully saturated rings. The standard InChI is InChI=1S/C9H11N3.C8H11N/c1-7(2)8-3-5-12-6-4-10-9(12)11-8;1-7(2)8-4-3-5-9-6-8/h3-7H,1-2H3;3-7H,1-2H3. The zero-order chi connectivity index (χ0) is 15.2. The van der Waals surface area contributed by atoms with E-state index < -0.39 is 0 Å². The first-order chi connectivity index (χ1) is 10.1. The number of pyridine rings is 1. The van der Waals surface area contributed by atoms with Gasteiger partial charge >= 0.3 is 0 Å². The molecular formula is C17H22N4. The third-order valence-corrected chi connectivity index (χ3v) is 3.23. The summed E-state index contributed by atoms with van der Waals surface area (Å²) in [5.74, 6) is 1.84. The lowest BCUT2D eigenvalue weighted by molar-refractivity contribution is 0.817. The van der Waals surface area contributed by atoms with Crippen molar-refractivity contribution in [1.82, 2.24) is 19.4 Å². The second-order valence-electron chi connectivity index (χ2n) is 5.58. The highest BCUT2D eigenvalue weighted by Gasteiger charge is 2.01. The monoisotopic (exact) mass is 282 g/mol. The van der Waals surface area contributed by atoms with Crippen molar-refractivity contribution < 1.29 is 0 Å². The van der Waals surface area contributed by atoms with Crippen molar-refractivity contribution in [2.45, 2.75) is 39.5 Å². The van der Waals surface area contributed by atoms with Gasteiger partial charge in [0.1, 0.15) is 0 Å². The summed E-state index contributed by atoms with van der Waals surface area (Å²) in [6, 6.07) is 6.09. The number of aromatic nitrogens is 4. The number of fused-ring (bicyclic) bond motifs is 1. The van der Waals surface area contributed by atoms with Gasteiger partial charge in [0.2, 0.25) is 5.78 Å². The smallest absolute Gasteiger partial charge is 0.233 e. The van der Waals surface area contributed by atoms with Gasteiger partial charge in [-0.3, -0.25) is 9.38 Å². The number of hydrogen-bond donors (Lipinski definition) is 0. The minimum atomic E-state index is 0.465. The van der Waals surface area contributed by atoms with Gasteiger partial charge in [-0.15, -0.1) is 0 Å². The molecular weight excluding hydrogens is 260 g/mol. The maximum atomic E-state index is 4.39. The van der Waals surface area contributed by atoms with Crippen LogP contribution >= 0.6 is 0 Å². The van der Waals surface area contributed by atoms with E-state index in [9.17, 15) is 0 Å². The molecule has 0 aliphatic heterocycles. The van der Waals surface area contributed by atoms with E-state index in [1.54, 1.807) is 12.4 Å². The predicted molar refractivity (Wildman–Crippen MR) is 85.4 cm³/mol. The van der Waals surface area contributed by atoms with Crippen LogP contribution in [-0.4, -0.2) is 19.4 Å². The zero-order valence-electron chi connectivity index (χ0n) is 13.1. The Labute approximate surface area is 125 Å². The third-order valence-electron chi connectivity index (χ3n) is 3.23. The van der Waals surface area contributed by atoms with Crippen LogP contribution in [0.2, 0.25) is 0 Å². The predicted octanol–water partition coefficient (Wildman–Crippen LogP) is 4.06. The van der Waals surface area contributed by atoms with Crippen molar-refractivity contribution in [2.75, 3.05) is 0 Å². The molecule has 0 spiro atoms. The van der Waals surface area contributed by atoms with E-state index in [1.807, 2.05) is 35.1 Å². The maximum Gasteiger partial charge on any atom is 0.233 e. The molecule has 0 atom stereocenters. The van der Waals surface area contributed by atoms with E-state index in [2.05, 4.69) is 48.7 Å². The highest BCUT2D eigenvalue weighted by atomic mass is 15.1. The Morgan fingerprint density at radius 3 is 2.33 bits per heavy atom. The van der Waals surface area contributed by atoms with Crippen LogP contribution in [0.1, 0.15) is 50.8 Å². The van der Waals surface area contributed by atoms with Crippen LogP contribution in [0.25, 0.3) is 5.78 Å². The van der Waals surface area contributed by atoms with Gasteiger partial charge < -0.3 is 0 Å². The molecule has 4 nitrogen and oxygen atoms in total. The number of rotatable bonds is 2. The minimum absolute atomic E-state index is 0.465. The molecule has 4 heteroatoms. The second-order valence-corrected chi connectivity index (χ2v) is 5.58. The first-order valence-corrected chi connectivity index (χ1v) is 7.27. The fourth-order valence-corrected chi connectivity index (χ4v) is 1.86. The minimum Gasteiger partial charge on any atom is -0.291 e. The molecule has 0 bridgehead atoms. The van der Waals surface area contributed by atoms with E-state index in [0.717, 1.165) is 11.5 Å². The molecule has 3 aromatic rings. The van der Waals surface area contributed by atoms with Gasteiger partial charge in [-0.2, -0.15) is 0 Å². The molecule has 3 heterocycles. The highest BCUT2D eigenvalue weighted by Crippen LogP contribution is 2.11. The van der Waals surface area contributed by atoms with Gasteiger partial charge in [0.15, 0.2) is 0 Å². The molecule has 0 radical (unpaired) electrons. The molecule has 110 valence electrons. The lowest BCUT2D eigenvalue weighted by atomic mass is 10.1. The van der Waals surface area contributed by atoms with Gasteiger partial charge in [-0.25, -0.2) is 9.97 Å². The molecule has 0 aliphatic rings. The molecule has 0 saturated heterocycles. The number of nitrogens with zero attached hydrogens (tertiary/aromatic N) is 4. The first kappa shape index (κ1) is 15.2. The number of hydrogen-bond acceptors (Lipinski definition) is 3. The first-order valence-electron chi connectivity index (χ1n) is 7.27. The van der Waals surface area contributed by atoms with Crippen LogP contribution in [0.4, 0.5) is 0 Å². The topological polar surface area (TPSA) is 43.1 Å². The summed E-state index contributed by atoms with van der Waals surface area (Å²) in [4.78, 5) is 12.5. The Morgan fingerprint density at radius 2 is 1.76 bits per heavy atom. The van der Waals surface area contributed by atoms with Crippen molar-refractivity contribution in [1.29, 1.82) is 0 Å². The summed E-state index contributed by atoms with van der Waals surface area (Å²) in [7, 11) is 0. The van der Waals surface area contributed by atoms with E-state index in [1.165, 1.54) is 5.56 Å². The van der Waals surface area contributed by atoms with Crippen LogP contribution in [0.15, 0.2) is 49.2 Å². The molecule has 0 unspecified atom stereocenters. The van der Waals surface area contributed by atoms with Crippen LogP contribution in [0.5, 0.6) is 0 Å². The summed E-state index contributed by atoms with van der Waals surface area (Å²) < 4.78 is 1.91. The second kappa shape index (κ2) is 6.97. The molecule has 0 saturated carbocycles. The maximum absolute atomic E-state index is 4.39. The van der Waals surface area contributed by atoms with E-state index in [0.29, 0.717) is 11.8 Å². The number of imidazole rings is 1. The molecule has 3 rings (SSSR count). The van der Waals surface area contributed by atoms with Crippen LogP contribution in [-0.2, 0) is 0 Å². The average molecular weight is 282 g/mol. The lowest BCUT2D eigenvalue weighted by Gasteiger charge is -2.02. The summed E-state index contributed by atoms with van der Waals surface area (Å²) in [6.45, 7) is 8.58. The average Bonchev–Trinajstić information content (AvgIpc) is 2.96. The Hall–Kier alpha value is -2.23. The van der Waals surface area contributed by atoms with Crippen molar-refractivity contribution in [3.63, 3.8) is 0 Å². The van der Waals surface area contributed by atoms with Crippen LogP contribution in [0, 0.1) is 0 Å². The summed E-state index contributed by atoms with van der Waals surface area (Å²) in [5, 5.41) is 0. The molecule has 0 aliphatic carbocycles. The van der Waals surface area contributed by atoms with Gasteiger partial charge in [-0.1, -0.05) is 33.8 Å². The summed E-state index contributed by atoms with van der Waals surface area (Å²) in [6.07, 6.45) is 9.35. The Bertz CT molecular complexity index is 671. The van der Waals surface area contributed by atoms with E-state index >= 15 is 0 Å². The van der Waals surface area contributed by atoms with Gasteiger partial charge in [-0.05, 0) is 29.5 Å².